The monoisotopic (exact) mass is 547 g/mol. The Bertz CT molecular complexity index is 732. The molecule has 0 aliphatic carbocycles. The first-order valence-corrected chi connectivity index (χ1v) is 14.0. The largest absolute Gasteiger partial charge is 0.397 e. The van der Waals surface area contributed by atoms with Crippen LogP contribution >= 0.6 is 0 Å². The Morgan fingerprint density at radius 2 is 1.50 bits per heavy atom. The van der Waals surface area contributed by atoms with Crippen LogP contribution in [0, 0.1) is 0 Å². The molecule has 192 valence electrons. The van der Waals surface area contributed by atoms with Gasteiger partial charge in [-0.25, -0.2) is 8.37 Å². The fraction of sp³-hybridized carbons (Fsp3) is 0.850. The number of allylic oxidation sites excluding steroid dienone is 1. The van der Waals surface area contributed by atoms with Crippen molar-refractivity contribution in [1.29, 1.82) is 0 Å². The summed E-state index contributed by atoms with van der Waals surface area (Å²) in [6.45, 7) is 1.81. The number of rotatable bonds is 21. The maximum absolute atomic E-state index is 11.6. The van der Waals surface area contributed by atoms with E-state index < -0.39 is 26.9 Å². The molecule has 0 rings (SSSR count). The molecule has 1 amide bonds. The predicted molar refractivity (Wildman–Crippen MR) is 133 cm³/mol. The zero-order valence-corrected chi connectivity index (χ0v) is 26.5. The summed E-state index contributed by atoms with van der Waals surface area (Å²) in [5.74, 6) is -0.191. The Hall–Kier alpha value is 0.950. The molecule has 0 aromatic rings. The first kappa shape index (κ1) is 39.5. The van der Waals surface area contributed by atoms with Gasteiger partial charge in [-0.3, -0.25) is 13.9 Å². The van der Waals surface area contributed by atoms with Crippen LogP contribution in [-0.2, 0) is 34.0 Å². The van der Waals surface area contributed by atoms with E-state index >= 15 is 0 Å². The first-order valence-electron chi connectivity index (χ1n) is 11.2. The molecule has 10 nitrogen and oxygen atoms in total. The summed E-state index contributed by atoms with van der Waals surface area (Å²) in [7, 11) is -8.92. The van der Waals surface area contributed by atoms with Gasteiger partial charge >= 0.3 is 20.8 Å². The molecule has 0 heterocycles. The number of hydrogen-bond donors (Lipinski definition) is 3. The number of hydrogen-bond acceptors (Lipinski definition) is 7. The summed E-state index contributed by atoms with van der Waals surface area (Å²) in [6.07, 6.45) is 14.2. The standard InChI is InChI=1S/C20H39NO9S2.2Na/c1-2-3-4-11-14-19(30-32(26,27)28)15-12-9-7-5-6-8-10-13-16-20(22)21-17-18-29-31(23,24)25;;/h9,12,19H,2-8,10-11,13-18H2,1H3,(H,21,22)(H,23,24,25)(H,26,27,28);;/b12-9-;;/t19-;;/m1../s1. The fourth-order valence-electron chi connectivity index (χ4n) is 3.05. The van der Waals surface area contributed by atoms with Crippen molar-refractivity contribution in [2.75, 3.05) is 13.2 Å². The third-order valence-electron chi connectivity index (χ3n) is 4.63. The van der Waals surface area contributed by atoms with Crippen molar-refractivity contribution in [3.63, 3.8) is 0 Å². The second-order valence-electron chi connectivity index (χ2n) is 7.61. The molecule has 3 N–H and O–H groups in total. The second kappa shape index (κ2) is 24.3. The van der Waals surface area contributed by atoms with E-state index in [4.69, 9.17) is 13.3 Å². The molecule has 0 spiro atoms. The van der Waals surface area contributed by atoms with Gasteiger partial charge in [-0.2, -0.15) is 16.8 Å². The van der Waals surface area contributed by atoms with E-state index in [0.717, 1.165) is 64.2 Å². The van der Waals surface area contributed by atoms with E-state index in [-0.39, 0.29) is 78.2 Å². The summed E-state index contributed by atoms with van der Waals surface area (Å²) >= 11 is 0. The summed E-state index contributed by atoms with van der Waals surface area (Å²) < 4.78 is 68.8. The Morgan fingerprint density at radius 3 is 2.12 bits per heavy atom. The predicted octanol–water partition coefficient (Wildman–Crippen LogP) is 3.00. The Kier molecular flexibility index (Phi) is 28.2. The molecule has 0 bridgehead atoms. The quantitative estimate of drug-likeness (QED) is 0.0851. The SMILES string of the molecule is CCCCCC[C@H](C/C=C\CCCCCCCC(=O)NCCOS(=O)(=O)O)OS(=O)(=O)O.[Na].[Na]. The van der Waals surface area contributed by atoms with Crippen LogP contribution in [0.3, 0.4) is 0 Å². The van der Waals surface area contributed by atoms with Gasteiger partial charge in [0, 0.05) is 72.1 Å². The summed E-state index contributed by atoms with van der Waals surface area (Å²) in [5.41, 5.74) is 0. The number of carbonyl (C=O) groups excluding carboxylic acids is 1. The molecule has 0 aromatic carbocycles. The minimum absolute atomic E-state index is 0. The van der Waals surface area contributed by atoms with Gasteiger partial charge in [0.05, 0.1) is 12.7 Å². The van der Waals surface area contributed by atoms with Crippen molar-refractivity contribution in [3.05, 3.63) is 12.2 Å². The number of unbranched alkanes of at least 4 members (excludes halogenated alkanes) is 8. The van der Waals surface area contributed by atoms with Gasteiger partial charge in [-0.05, 0) is 32.1 Å². The molecule has 0 unspecified atom stereocenters. The zero-order chi connectivity index (χ0) is 24.3. The van der Waals surface area contributed by atoms with Gasteiger partial charge in [0.2, 0.25) is 5.91 Å². The average molecular weight is 548 g/mol. The third-order valence-corrected chi connectivity index (χ3v) is 5.61. The molecule has 2 radical (unpaired) electrons. The third kappa shape index (κ3) is 31.0. The van der Waals surface area contributed by atoms with E-state index in [1.165, 1.54) is 0 Å². The molecule has 0 saturated heterocycles. The van der Waals surface area contributed by atoms with Gasteiger partial charge in [0.15, 0.2) is 0 Å². The van der Waals surface area contributed by atoms with Gasteiger partial charge in [-0.15, -0.1) is 0 Å². The van der Waals surface area contributed by atoms with Crippen molar-refractivity contribution < 1.29 is 39.1 Å². The zero-order valence-electron chi connectivity index (χ0n) is 20.9. The number of nitrogens with one attached hydrogen (secondary N) is 1. The summed E-state index contributed by atoms with van der Waals surface area (Å²) in [5, 5.41) is 2.51. The van der Waals surface area contributed by atoms with Crippen LogP contribution in [0.25, 0.3) is 0 Å². The van der Waals surface area contributed by atoms with Crippen molar-refractivity contribution in [2.24, 2.45) is 0 Å². The minimum Gasteiger partial charge on any atom is -0.354 e. The second-order valence-corrected chi connectivity index (χ2v) is 9.75. The molecule has 0 fully saturated rings. The normalized spacial score (nSPS) is 12.7. The molecular weight excluding hydrogens is 508 g/mol. The van der Waals surface area contributed by atoms with Crippen LogP contribution in [0.15, 0.2) is 12.2 Å². The van der Waals surface area contributed by atoms with E-state index in [0.29, 0.717) is 19.3 Å². The minimum atomic E-state index is -4.47. The van der Waals surface area contributed by atoms with Crippen molar-refractivity contribution in [3.8, 4) is 0 Å². The van der Waals surface area contributed by atoms with Gasteiger partial charge < -0.3 is 5.32 Å². The Balaban J connectivity index is -0.00000480. The summed E-state index contributed by atoms with van der Waals surface area (Å²) in [4.78, 5) is 11.6. The Morgan fingerprint density at radius 1 is 0.882 bits per heavy atom. The van der Waals surface area contributed by atoms with Crippen LogP contribution in [0.5, 0.6) is 0 Å². The van der Waals surface area contributed by atoms with Gasteiger partial charge in [-0.1, -0.05) is 64.0 Å². The maximum Gasteiger partial charge on any atom is 0.397 e. The topological polar surface area (TPSA) is 156 Å². The van der Waals surface area contributed by atoms with E-state index in [9.17, 15) is 21.6 Å². The van der Waals surface area contributed by atoms with Crippen molar-refractivity contribution in [2.45, 2.75) is 96.5 Å². The Labute approximate surface area is 249 Å². The number of carbonyl (C=O) groups is 1. The molecule has 0 aliphatic heterocycles. The van der Waals surface area contributed by atoms with E-state index in [1.807, 2.05) is 12.2 Å². The fourth-order valence-corrected chi connectivity index (χ4v) is 3.86. The molecule has 14 heteroatoms. The van der Waals surface area contributed by atoms with Crippen LogP contribution < -0.4 is 5.32 Å². The van der Waals surface area contributed by atoms with Crippen LogP contribution in [-0.4, -0.2) is 110 Å². The van der Waals surface area contributed by atoms with Gasteiger partial charge in [0.1, 0.15) is 0 Å². The molecule has 1 atom stereocenters. The smallest absolute Gasteiger partial charge is 0.354 e. The molecule has 0 aromatic heterocycles. The van der Waals surface area contributed by atoms with Crippen LogP contribution in [0.1, 0.15) is 90.4 Å². The maximum atomic E-state index is 11.6. The number of amides is 1. The van der Waals surface area contributed by atoms with Crippen molar-refractivity contribution in [1.82, 2.24) is 5.32 Å². The molecule has 0 aliphatic rings. The van der Waals surface area contributed by atoms with Crippen molar-refractivity contribution >= 4 is 85.8 Å². The van der Waals surface area contributed by atoms with E-state index in [1.54, 1.807) is 0 Å². The van der Waals surface area contributed by atoms with Crippen LogP contribution in [0.2, 0.25) is 0 Å². The van der Waals surface area contributed by atoms with Crippen LogP contribution in [0.4, 0.5) is 0 Å². The molecule has 0 saturated carbocycles. The molecule has 34 heavy (non-hydrogen) atoms. The summed E-state index contributed by atoms with van der Waals surface area (Å²) in [6, 6.07) is 0. The first-order chi connectivity index (χ1) is 15.0. The van der Waals surface area contributed by atoms with E-state index in [2.05, 4.69) is 16.4 Å². The van der Waals surface area contributed by atoms with Gasteiger partial charge in [0.25, 0.3) is 0 Å². The molecular formula is C20H39NNa2O9S2. The average Bonchev–Trinajstić information content (AvgIpc) is 2.68.